The molecule has 0 aromatic rings. The van der Waals surface area contributed by atoms with Crippen LogP contribution in [0.2, 0.25) is 0 Å². The fourth-order valence-electron chi connectivity index (χ4n) is 10.8. The molecule has 0 saturated carbocycles. The summed E-state index contributed by atoms with van der Waals surface area (Å²) in [6.45, 7) is 4.96. The first-order chi connectivity index (χ1) is 37.0. The third kappa shape index (κ3) is 61.4. The fourth-order valence-corrected chi connectivity index (χ4v) is 10.8. The van der Waals surface area contributed by atoms with Crippen LogP contribution < -0.4 is 5.32 Å². The minimum absolute atomic E-state index is 0.0180. The molecule has 1 amide bonds. The van der Waals surface area contributed by atoms with E-state index in [0.29, 0.717) is 25.9 Å². The van der Waals surface area contributed by atoms with Crippen LogP contribution in [0.1, 0.15) is 380 Å². The molecule has 0 aliphatic carbocycles. The van der Waals surface area contributed by atoms with Crippen molar-refractivity contribution in [1.82, 2.24) is 5.32 Å². The molecule has 6 heteroatoms. The van der Waals surface area contributed by atoms with Crippen molar-refractivity contribution in [3.63, 3.8) is 0 Å². The maximum absolute atomic E-state index is 12.4. The molecule has 0 aromatic heterocycles. The number of hydrogen-bond acceptors (Lipinski definition) is 5. The number of rotatable bonds is 64. The predicted molar refractivity (Wildman–Crippen MR) is 329 cm³/mol. The van der Waals surface area contributed by atoms with Gasteiger partial charge in [-0.3, -0.25) is 9.59 Å². The Morgan fingerprint density at radius 2 is 0.667 bits per heavy atom. The summed E-state index contributed by atoms with van der Waals surface area (Å²) in [5.41, 5.74) is 0. The van der Waals surface area contributed by atoms with Crippen molar-refractivity contribution < 1.29 is 24.5 Å². The number of allylic oxidation sites excluding steroid dienone is 4. The van der Waals surface area contributed by atoms with Gasteiger partial charge in [0.2, 0.25) is 5.91 Å². The molecule has 0 aliphatic heterocycles. The van der Waals surface area contributed by atoms with Crippen molar-refractivity contribution in [3.8, 4) is 0 Å². The second kappa shape index (κ2) is 64.9. The number of carbonyl (C=O) groups excluding carboxylic acids is 2. The van der Waals surface area contributed by atoms with Gasteiger partial charge in [0.25, 0.3) is 0 Å². The molecule has 0 bridgehead atoms. The zero-order valence-corrected chi connectivity index (χ0v) is 50.8. The van der Waals surface area contributed by atoms with Gasteiger partial charge >= 0.3 is 5.97 Å². The van der Waals surface area contributed by atoms with Gasteiger partial charge in [-0.2, -0.15) is 0 Å². The molecule has 0 spiro atoms. The summed E-state index contributed by atoms with van der Waals surface area (Å²) in [5, 5.41) is 23.1. The minimum Gasteiger partial charge on any atom is -0.466 e. The predicted octanol–water partition coefficient (Wildman–Crippen LogP) is 21.8. The Bertz CT molecular complexity index is 1170. The minimum atomic E-state index is -0.661. The maximum atomic E-state index is 12.4. The molecule has 2 atom stereocenters. The molecule has 0 heterocycles. The lowest BCUT2D eigenvalue weighted by Gasteiger charge is -2.22. The highest BCUT2D eigenvalue weighted by atomic mass is 16.5. The zero-order chi connectivity index (χ0) is 54.3. The first-order valence-corrected chi connectivity index (χ1v) is 34.1. The number of aliphatic hydroxyl groups is 2. The number of aliphatic hydroxyl groups excluding tert-OH is 2. The van der Waals surface area contributed by atoms with Crippen molar-refractivity contribution in [2.24, 2.45) is 0 Å². The molecule has 0 radical (unpaired) electrons. The van der Waals surface area contributed by atoms with E-state index in [1.54, 1.807) is 0 Å². The average molecular weight is 1060 g/mol. The molecule has 0 fully saturated rings. The second-order valence-corrected chi connectivity index (χ2v) is 23.5. The highest BCUT2D eigenvalue weighted by Gasteiger charge is 2.20. The number of hydrogen-bond donors (Lipinski definition) is 3. The summed E-state index contributed by atoms with van der Waals surface area (Å²) >= 11 is 0. The van der Waals surface area contributed by atoms with Crippen LogP contribution in [0.25, 0.3) is 0 Å². The summed E-state index contributed by atoms with van der Waals surface area (Å²) in [5.74, 6) is -0.0173. The van der Waals surface area contributed by atoms with E-state index in [1.807, 2.05) is 0 Å². The summed E-state index contributed by atoms with van der Waals surface area (Å²) in [6.07, 6.45) is 80.9. The average Bonchev–Trinajstić information content (AvgIpc) is 3.41. The van der Waals surface area contributed by atoms with E-state index in [1.165, 1.54) is 302 Å². The maximum Gasteiger partial charge on any atom is 0.305 e. The van der Waals surface area contributed by atoms with E-state index in [-0.39, 0.29) is 18.5 Å². The Morgan fingerprint density at radius 1 is 0.373 bits per heavy atom. The smallest absolute Gasteiger partial charge is 0.305 e. The number of unbranched alkanes of at least 4 members (excludes halogenated alkanes) is 49. The Balaban J connectivity index is 3.34. The van der Waals surface area contributed by atoms with Crippen molar-refractivity contribution >= 4 is 11.9 Å². The molecular formula is C69H133NO5. The summed E-state index contributed by atoms with van der Waals surface area (Å²) in [7, 11) is 0. The van der Waals surface area contributed by atoms with Crippen LogP contribution in [-0.2, 0) is 14.3 Å². The fraction of sp³-hybridized carbons (Fsp3) is 0.913. The lowest BCUT2D eigenvalue weighted by Crippen LogP contribution is -2.45. The quantitative estimate of drug-likeness (QED) is 0.0320. The third-order valence-corrected chi connectivity index (χ3v) is 16.0. The van der Waals surface area contributed by atoms with E-state index in [9.17, 15) is 19.8 Å². The Kier molecular flexibility index (Phi) is 63.4. The van der Waals surface area contributed by atoms with Crippen molar-refractivity contribution in [2.45, 2.75) is 392 Å². The van der Waals surface area contributed by atoms with Gasteiger partial charge in [0.05, 0.1) is 25.4 Å². The Labute approximate surface area is 469 Å². The number of carbonyl (C=O) groups is 2. The number of ether oxygens (including phenoxy) is 1. The van der Waals surface area contributed by atoms with Gasteiger partial charge < -0.3 is 20.3 Å². The standard InChI is InChI=1S/C69H133NO5/c1-3-5-7-9-11-13-14-15-16-17-34-37-40-43-47-51-55-59-63-69(74)75-64-60-56-52-48-44-41-38-35-32-30-28-26-24-22-20-18-19-21-23-25-27-29-31-33-36-39-42-46-50-54-58-62-68(73)70-66(65-71)67(72)61-57-53-49-45-12-10-8-6-4-2/h20,22,26,28,66-67,71-72H,3-19,21,23-25,27,29-65H2,1-2H3,(H,70,73)/b22-20-,28-26-. The van der Waals surface area contributed by atoms with E-state index < -0.39 is 12.1 Å². The molecule has 0 rings (SSSR count). The second-order valence-electron chi connectivity index (χ2n) is 23.5. The third-order valence-electron chi connectivity index (χ3n) is 16.0. The normalized spacial score (nSPS) is 12.6. The highest BCUT2D eigenvalue weighted by Crippen LogP contribution is 2.18. The Morgan fingerprint density at radius 3 is 1.01 bits per heavy atom. The van der Waals surface area contributed by atoms with Crippen LogP contribution in [0.15, 0.2) is 24.3 Å². The van der Waals surface area contributed by atoms with Crippen LogP contribution >= 0.6 is 0 Å². The van der Waals surface area contributed by atoms with Gasteiger partial charge in [-0.05, 0) is 57.8 Å². The topological polar surface area (TPSA) is 95.9 Å². The highest BCUT2D eigenvalue weighted by molar-refractivity contribution is 5.76. The van der Waals surface area contributed by atoms with Gasteiger partial charge in [-0.1, -0.05) is 334 Å². The van der Waals surface area contributed by atoms with Crippen molar-refractivity contribution in [1.29, 1.82) is 0 Å². The van der Waals surface area contributed by atoms with Gasteiger partial charge in [0.1, 0.15) is 0 Å². The number of nitrogens with one attached hydrogen (secondary N) is 1. The zero-order valence-electron chi connectivity index (χ0n) is 50.8. The molecule has 0 saturated heterocycles. The molecule has 3 N–H and O–H groups in total. The van der Waals surface area contributed by atoms with Crippen LogP contribution in [0.3, 0.4) is 0 Å². The SMILES string of the molecule is CCCCCCCCCCCCCCCCCCCCC(=O)OCCCCCCCCCCC/C=C\C/C=C\CCCCCCCCCCCCCCCCCC(=O)NC(CO)C(O)CCCCCCCCCCC. The molecule has 2 unspecified atom stereocenters. The monoisotopic (exact) mass is 1060 g/mol. The first kappa shape index (κ1) is 73.3. The van der Waals surface area contributed by atoms with Gasteiger partial charge in [0.15, 0.2) is 0 Å². The van der Waals surface area contributed by atoms with E-state index in [0.717, 1.165) is 44.9 Å². The van der Waals surface area contributed by atoms with Gasteiger partial charge in [0, 0.05) is 12.8 Å². The number of amides is 1. The summed E-state index contributed by atoms with van der Waals surface area (Å²) in [6, 6.07) is -0.538. The van der Waals surface area contributed by atoms with Gasteiger partial charge in [-0.15, -0.1) is 0 Å². The Hall–Kier alpha value is -1.66. The van der Waals surface area contributed by atoms with E-state index in [2.05, 4.69) is 43.5 Å². The van der Waals surface area contributed by atoms with E-state index in [4.69, 9.17) is 4.74 Å². The molecule has 0 aromatic carbocycles. The van der Waals surface area contributed by atoms with E-state index >= 15 is 0 Å². The van der Waals surface area contributed by atoms with Gasteiger partial charge in [-0.25, -0.2) is 0 Å². The largest absolute Gasteiger partial charge is 0.466 e. The molecular weight excluding hydrogens is 923 g/mol. The summed E-state index contributed by atoms with van der Waals surface area (Å²) in [4.78, 5) is 24.5. The molecule has 75 heavy (non-hydrogen) atoms. The number of esters is 1. The molecule has 444 valence electrons. The van der Waals surface area contributed by atoms with Crippen LogP contribution in [-0.4, -0.2) is 47.4 Å². The lowest BCUT2D eigenvalue weighted by atomic mass is 10.0. The molecule has 6 nitrogen and oxygen atoms in total. The molecule has 0 aliphatic rings. The first-order valence-electron chi connectivity index (χ1n) is 34.1. The lowest BCUT2D eigenvalue weighted by molar-refractivity contribution is -0.143. The van der Waals surface area contributed by atoms with Crippen molar-refractivity contribution in [3.05, 3.63) is 24.3 Å². The van der Waals surface area contributed by atoms with Crippen LogP contribution in [0.4, 0.5) is 0 Å². The van der Waals surface area contributed by atoms with Crippen LogP contribution in [0.5, 0.6) is 0 Å². The van der Waals surface area contributed by atoms with Crippen LogP contribution in [0, 0.1) is 0 Å². The van der Waals surface area contributed by atoms with Crippen molar-refractivity contribution in [2.75, 3.05) is 13.2 Å². The summed E-state index contributed by atoms with van der Waals surface area (Å²) < 4.78 is 5.50.